The molecular formula is C22H29N3O4S2. The van der Waals surface area contributed by atoms with Crippen molar-refractivity contribution in [2.45, 2.75) is 29.9 Å². The number of amides is 1. The van der Waals surface area contributed by atoms with Gasteiger partial charge in [-0.15, -0.1) is 11.3 Å². The summed E-state index contributed by atoms with van der Waals surface area (Å²) in [5.41, 5.74) is 1.13. The van der Waals surface area contributed by atoms with E-state index >= 15 is 0 Å². The van der Waals surface area contributed by atoms with Crippen molar-refractivity contribution in [3.05, 3.63) is 41.3 Å². The van der Waals surface area contributed by atoms with Gasteiger partial charge in [-0.25, -0.2) is 8.42 Å². The number of thiophene rings is 1. The monoisotopic (exact) mass is 463 g/mol. The minimum Gasteiger partial charge on any atom is -0.497 e. The van der Waals surface area contributed by atoms with E-state index in [2.05, 4.69) is 4.90 Å². The fraction of sp³-hybridized carbons (Fsp3) is 0.500. The van der Waals surface area contributed by atoms with Crippen LogP contribution in [0.4, 0.5) is 5.69 Å². The maximum absolute atomic E-state index is 12.9. The van der Waals surface area contributed by atoms with Crippen molar-refractivity contribution in [3.63, 3.8) is 0 Å². The highest BCUT2D eigenvalue weighted by molar-refractivity contribution is 7.91. The number of carbonyl (C=O) groups excluding carboxylic acids is 1. The maximum Gasteiger partial charge on any atom is 0.252 e. The first-order chi connectivity index (χ1) is 15.0. The molecule has 2 fully saturated rings. The van der Waals surface area contributed by atoms with Crippen LogP contribution in [0.1, 0.15) is 24.1 Å². The Balaban J connectivity index is 1.35. The predicted octanol–water partition coefficient (Wildman–Crippen LogP) is 2.82. The van der Waals surface area contributed by atoms with E-state index in [-0.39, 0.29) is 12.3 Å². The molecule has 0 saturated carbocycles. The molecule has 2 aliphatic heterocycles. The lowest BCUT2D eigenvalue weighted by Gasteiger charge is -2.24. The van der Waals surface area contributed by atoms with E-state index < -0.39 is 10.0 Å². The Morgan fingerprint density at radius 3 is 2.39 bits per heavy atom. The number of sulfonamides is 1. The molecule has 1 aromatic heterocycles. The third-order valence-corrected chi connectivity index (χ3v) is 9.36. The molecule has 0 radical (unpaired) electrons. The second kappa shape index (κ2) is 9.58. The SMILES string of the molecule is COc1ccc(N2CCCN(C(=O)Cc3ccc(S(=O)(=O)N4CCCC4)s3)CC2)cc1. The minimum atomic E-state index is -3.42. The fourth-order valence-corrected chi connectivity index (χ4v) is 7.14. The van der Waals surface area contributed by atoms with Crippen molar-refractivity contribution in [2.24, 2.45) is 0 Å². The van der Waals surface area contributed by atoms with Crippen LogP contribution < -0.4 is 9.64 Å². The van der Waals surface area contributed by atoms with Gasteiger partial charge in [0, 0.05) is 49.8 Å². The average molecular weight is 464 g/mol. The first-order valence-corrected chi connectivity index (χ1v) is 13.0. The number of anilines is 1. The zero-order chi connectivity index (χ0) is 21.8. The van der Waals surface area contributed by atoms with Crippen molar-refractivity contribution < 1.29 is 17.9 Å². The van der Waals surface area contributed by atoms with Crippen LogP contribution >= 0.6 is 11.3 Å². The van der Waals surface area contributed by atoms with Gasteiger partial charge >= 0.3 is 0 Å². The van der Waals surface area contributed by atoms with Crippen molar-refractivity contribution >= 4 is 33.0 Å². The minimum absolute atomic E-state index is 0.0588. The lowest BCUT2D eigenvalue weighted by molar-refractivity contribution is -0.130. The largest absolute Gasteiger partial charge is 0.497 e. The van der Waals surface area contributed by atoms with Gasteiger partial charge in [-0.05, 0) is 55.7 Å². The quantitative estimate of drug-likeness (QED) is 0.659. The molecule has 0 N–H and O–H groups in total. The van der Waals surface area contributed by atoms with Gasteiger partial charge < -0.3 is 14.5 Å². The standard InChI is InChI=1S/C22H29N3O4S2/c1-29-19-7-5-18(6-8-19)23-11-4-12-24(16-15-23)21(26)17-20-9-10-22(30-20)31(27,28)25-13-2-3-14-25/h5-10H,2-4,11-17H2,1H3. The fourth-order valence-electron chi connectivity index (χ4n) is 4.13. The van der Waals surface area contributed by atoms with Crippen molar-refractivity contribution in [1.29, 1.82) is 0 Å². The third kappa shape index (κ3) is 5.05. The Labute approximate surface area is 188 Å². The van der Waals surface area contributed by atoms with E-state index in [0.29, 0.717) is 23.8 Å². The second-order valence-corrected chi connectivity index (χ2v) is 11.3. The molecule has 0 aliphatic carbocycles. The lowest BCUT2D eigenvalue weighted by Crippen LogP contribution is -2.36. The van der Waals surface area contributed by atoms with Crippen LogP contribution in [0.5, 0.6) is 5.75 Å². The summed E-state index contributed by atoms with van der Waals surface area (Å²) in [6, 6.07) is 11.4. The molecule has 0 atom stereocenters. The highest BCUT2D eigenvalue weighted by Crippen LogP contribution is 2.28. The topological polar surface area (TPSA) is 70.2 Å². The summed E-state index contributed by atoms with van der Waals surface area (Å²) in [5, 5.41) is 0. The molecule has 168 valence electrons. The summed E-state index contributed by atoms with van der Waals surface area (Å²) in [4.78, 5) is 17.9. The Kier molecular flexibility index (Phi) is 6.83. The number of nitrogens with zero attached hydrogens (tertiary/aromatic N) is 3. The molecule has 0 bridgehead atoms. The Morgan fingerprint density at radius 2 is 1.68 bits per heavy atom. The summed E-state index contributed by atoms with van der Waals surface area (Å²) in [7, 11) is -1.76. The zero-order valence-electron chi connectivity index (χ0n) is 17.8. The molecule has 2 aliphatic rings. The van der Waals surface area contributed by atoms with E-state index in [1.165, 1.54) is 11.3 Å². The van der Waals surface area contributed by atoms with Gasteiger partial charge in [-0.2, -0.15) is 4.31 Å². The second-order valence-electron chi connectivity index (χ2n) is 7.93. The maximum atomic E-state index is 12.9. The van der Waals surface area contributed by atoms with E-state index in [1.807, 2.05) is 29.2 Å². The van der Waals surface area contributed by atoms with Crippen LogP contribution in [0.3, 0.4) is 0 Å². The highest BCUT2D eigenvalue weighted by Gasteiger charge is 2.29. The first-order valence-electron chi connectivity index (χ1n) is 10.7. The molecule has 31 heavy (non-hydrogen) atoms. The van der Waals surface area contributed by atoms with Gasteiger partial charge in [0.15, 0.2) is 0 Å². The number of carbonyl (C=O) groups is 1. The predicted molar refractivity (Wildman–Crippen MR) is 122 cm³/mol. The van der Waals surface area contributed by atoms with E-state index in [4.69, 9.17) is 4.74 Å². The number of benzene rings is 1. The van der Waals surface area contributed by atoms with E-state index in [0.717, 1.165) is 55.2 Å². The molecule has 1 amide bonds. The lowest BCUT2D eigenvalue weighted by atomic mass is 10.2. The molecular weight excluding hydrogens is 434 g/mol. The highest BCUT2D eigenvalue weighted by atomic mass is 32.2. The average Bonchev–Trinajstić information content (AvgIpc) is 3.43. The molecule has 4 rings (SSSR count). The summed E-state index contributed by atoms with van der Waals surface area (Å²) >= 11 is 1.23. The van der Waals surface area contributed by atoms with Gasteiger partial charge in [0.05, 0.1) is 13.5 Å². The van der Waals surface area contributed by atoms with Crippen molar-refractivity contribution in [2.75, 3.05) is 51.3 Å². The number of methoxy groups -OCH3 is 1. The molecule has 7 nitrogen and oxygen atoms in total. The van der Waals surface area contributed by atoms with Gasteiger partial charge in [0.1, 0.15) is 9.96 Å². The van der Waals surface area contributed by atoms with Gasteiger partial charge in [-0.1, -0.05) is 0 Å². The summed E-state index contributed by atoms with van der Waals surface area (Å²) in [6.07, 6.45) is 2.98. The molecule has 2 saturated heterocycles. The zero-order valence-corrected chi connectivity index (χ0v) is 19.5. The van der Waals surface area contributed by atoms with Crippen LogP contribution in [0.25, 0.3) is 0 Å². The Bertz CT molecular complexity index is 998. The van der Waals surface area contributed by atoms with Crippen LogP contribution in [0, 0.1) is 0 Å². The van der Waals surface area contributed by atoms with E-state index in [1.54, 1.807) is 23.5 Å². The van der Waals surface area contributed by atoms with Crippen molar-refractivity contribution in [3.8, 4) is 5.75 Å². The molecule has 9 heteroatoms. The van der Waals surface area contributed by atoms with Gasteiger partial charge in [0.2, 0.25) is 5.91 Å². The summed E-state index contributed by atoms with van der Waals surface area (Å²) < 4.78 is 32.6. The smallest absolute Gasteiger partial charge is 0.252 e. The van der Waals surface area contributed by atoms with Gasteiger partial charge in [0.25, 0.3) is 10.0 Å². The Morgan fingerprint density at radius 1 is 0.935 bits per heavy atom. The number of rotatable bonds is 6. The first kappa shape index (κ1) is 22.1. The number of hydrogen-bond acceptors (Lipinski definition) is 6. The van der Waals surface area contributed by atoms with Crippen LogP contribution in [-0.2, 0) is 21.2 Å². The Hall–Kier alpha value is -2.10. The van der Waals surface area contributed by atoms with Crippen molar-refractivity contribution in [1.82, 2.24) is 9.21 Å². The molecule has 2 aromatic rings. The number of ether oxygens (including phenoxy) is 1. The molecule has 0 unspecified atom stereocenters. The molecule has 1 aromatic carbocycles. The van der Waals surface area contributed by atoms with Gasteiger partial charge in [-0.3, -0.25) is 4.79 Å². The van der Waals surface area contributed by atoms with Crippen LogP contribution in [-0.4, -0.2) is 69.9 Å². The summed E-state index contributed by atoms with van der Waals surface area (Å²) in [6.45, 7) is 4.23. The molecule has 3 heterocycles. The normalized spacial score (nSPS) is 18.2. The summed E-state index contributed by atoms with van der Waals surface area (Å²) in [5.74, 6) is 0.890. The number of hydrogen-bond donors (Lipinski definition) is 0. The van der Waals surface area contributed by atoms with E-state index in [9.17, 15) is 13.2 Å². The molecule has 0 spiro atoms. The van der Waals surface area contributed by atoms with Crippen LogP contribution in [0.2, 0.25) is 0 Å². The third-order valence-electron chi connectivity index (χ3n) is 5.91. The van der Waals surface area contributed by atoms with Crippen LogP contribution in [0.15, 0.2) is 40.6 Å².